The molecule has 0 spiro atoms. The summed E-state index contributed by atoms with van der Waals surface area (Å²) >= 11 is 7.84. The standard InChI is InChI=1S/C19H24ClN3OS/c20-14-5-6-17-16(11-14)22-19(25-17)13-7-9-23(10-8-13)12-18(24)21-15-3-1-2-4-15/h5-6,11,13,15H,1-4,7-10,12H2,(H,21,24). The lowest BCUT2D eigenvalue weighted by molar-refractivity contribution is -0.123. The molecule has 4 nitrogen and oxygen atoms in total. The molecule has 1 amide bonds. The summed E-state index contributed by atoms with van der Waals surface area (Å²) in [4.78, 5) is 19.3. The van der Waals surface area contributed by atoms with Crippen molar-refractivity contribution >= 4 is 39.1 Å². The highest BCUT2D eigenvalue weighted by Crippen LogP contribution is 2.34. The second-order valence-corrected chi connectivity index (χ2v) is 8.76. The first-order valence-electron chi connectivity index (χ1n) is 9.25. The minimum atomic E-state index is 0.194. The van der Waals surface area contributed by atoms with Crippen molar-refractivity contribution in [2.75, 3.05) is 19.6 Å². The molecule has 25 heavy (non-hydrogen) atoms. The molecule has 0 unspecified atom stereocenters. The van der Waals surface area contributed by atoms with Crippen LogP contribution < -0.4 is 5.32 Å². The van der Waals surface area contributed by atoms with E-state index in [1.54, 1.807) is 11.3 Å². The van der Waals surface area contributed by atoms with Gasteiger partial charge in [0.05, 0.1) is 21.8 Å². The summed E-state index contributed by atoms with van der Waals surface area (Å²) in [6.07, 6.45) is 6.95. The van der Waals surface area contributed by atoms with E-state index in [0.29, 0.717) is 18.5 Å². The molecular weight excluding hydrogens is 354 g/mol. The van der Waals surface area contributed by atoms with Crippen LogP contribution in [0.15, 0.2) is 18.2 Å². The number of carbonyl (C=O) groups excluding carboxylic acids is 1. The quantitative estimate of drug-likeness (QED) is 0.868. The van der Waals surface area contributed by atoms with Gasteiger partial charge in [0.1, 0.15) is 0 Å². The molecule has 2 aromatic rings. The Labute approximate surface area is 157 Å². The lowest BCUT2D eigenvalue weighted by atomic mass is 9.97. The Balaban J connectivity index is 1.30. The average molecular weight is 378 g/mol. The zero-order valence-electron chi connectivity index (χ0n) is 14.3. The van der Waals surface area contributed by atoms with E-state index in [0.717, 1.165) is 49.3 Å². The van der Waals surface area contributed by atoms with Gasteiger partial charge >= 0.3 is 0 Å². The number of halogens is 1. The molecule has 2 fully saturated rings. The predicted molar refractivity (Wildman–Crippen MR) is 103 cm³/mol. The molecule has 134 valence electrons. The SMILES string of the molecule is O=C(CN1CCC(c2nc3cc(Cl)ccc3s2)CC1)NC1CCCC1. The van der Waals surface area contributed by atoms with Crippen LogP contribution in [0.3, 0.4) is 0 Å². The Hall–Kier alpha value is -1.17. The number of likely N-dealkylation sites (tertiary alicyclic amines) is 1. The fourth-order valence-electron chi connectivity index (χ4n) is 3.98. The Morgan fingerprint density at radius 3 is 2.76 bits per heavy atom. The molecule has 2 heterocycles. The second-order valence-electron chi connectivity index (χ2n) is 7.26. The molecule has 1 saturated heterocycles. The summed E-state index contributed by atoms with van der Waals surface area (Å²) in [6, 6.07) is 6.34. The van der Waals surface area contributed by atoms with E-state index in [9.17, 15) is 4.79 Å². The van der Waals surface area contributed by atoms with Crippen LogP contribution in [0.1, 0.15) is 49.5 Å². The van der Waals surface area contributed by atoms with Crippen molar-refractivity contribution in [3.63, 3.8) is 0 Å². The highest BCUT2D eigenvalue weighted by molar-refractivity contribution is 7.18. The van der Waals surface area contributed by atoms with Crippen LogP contribution in [0, 0.1) is 0 Å². The van der Waals surface area contributed by atoms with Gasteiger partial charge in [-0.1, -0.05) is 24.4 Å². The van der Waals surface area contributed by atoms with Gasteiger partial charge in [-0.3, -0.25) is 9.69 Å². The van der Waals surface area contributed by atoms with E-state index >= 15 is 0 Å². The number of thiazole rings is 1. The van der Waals surface area contributed by atoms with Crippen LogP contribution in [0.2, 0.25) is 5.02 Å². The van der Waals surface area contributed by atoms with E-state index in [4.69, 9.17) is 16.6 Å². The van der Waals surface area contributed by atoms with Crippen molar-refractivity contribution in [3.05, 3.63) is 28.2 Å². The Kier molecular flexibility index (Phi) is 5.25. The monoisotopic (exact) mass is 377 g/mol. The maximum atomic E-state index is 12.2. The molecule has 0 atom stereocenters. The van der Waals surface area contributed by atoms with Crippen LogP contribution in [0.4, 0.5) is 0 Å². The van der Waals surface area contributed by atoms with Crippen LogP contribution in [-0.2, 0) is 4.79 Å². The molecule has 4 rings (SSSR count). The van der Waals surface area contributed by atoms with E-state index < -0.39 is 0 Å². The largest absolute Gasteiger partial charge is 0.352 e. The van der Waals surface area contributed by atoms with Gasteiger partial charge < -0.3 is 5.32 Å². The van der Waals surface area contributed by atoms with Crippen LogP contribution in [0.25, 0.3) is 10.2 Å². The lowest BCUT2D eigenvalue weighted by Gasteiger charge is -2.30. The van der Waals surface area contributed by atoms with E-state index in [-0.39, 0.29) is 5.91 Å². The molecule has 6 heteroatoms. The number of fused-ring (bicyclic) bond motifs is 1. The summed E-state index contributed by atoms with van der Waals surface area (Å²) in [7, 11) is 0. The first-order valence-corrected chi connectivity index (χ1v) is 10.4. The normalized spacial score (nSPS) is 20.4. The number of carbonyl (C=O) groups is 1. The van der Waals surface area contributed by atoms with E-state index in [1.165, 1.54) is 22.5 Å². The van der Waals surface area contributed by atoms with Gasteiger partial charge in [0.2, 0.25) is 5.91 Å². The van der Waals surface area contributed by atoms with Crippen LogP contribution in [0.5, 0.6) is 0 Å². The lowest BCUT2D eigenvalue weighted by Crippen LogP contribution is -2.43. The Morgan fingerprint density at radius 2 is 2.00 bits per heavy atom. The van der Waals surface area contributed by atoms with Crippen LogP contribution in [-0.4, -0.2) is 41.5 Å². The van der Waals surface area contributed by atoms with Crippen LogP contribution >= 0.6 is 22.9 Å². The fourth-order valence-corrected chi connectivity index (χ4v) is 5.26. The predicted octanol–water partition coefficient (Wildman–Crippen LogP) is 4.19. The van der Waals surface area contributed by atoms with Crippen molar-refractivity contribution in [2.24, 2.45) is 0 Å². The molecule has 0 bridgehead atoms. The van der Waals surface area contributed by atoms with Crippen molar-refractivity contribution in [1.29, 1.82) is 0 Å². The number of amides is 1. The summed E-state index contributed by atoms with van der Waals surface area (Å²) in [5.41, 5.74) is 1.01. The van der Waals surface area contributed by atoms with Crippen molar-refractivity contribution in [3.8, 4) is 0 Å². The second kappa shape index (κ2) is 7.60. The maximum Gasteiger partial charge on any atom is 0.234 e. The number of hydrogen-bond donors (Lipinski definition) is 1. The minimum Gasteiger partial charge on any atom is -0.352 e. The molecule has 0 radical (unpaired) electrons. The van der Waals surface area contributed by atoms with E-state index in [2.05, 4.69) is 16.3 Å². The zero-order valence-corrected chi connectivity index (χ0v) is 15.9. The summed E-state index contributed by atoms with van der Waals surface area (Å²) in [6.45, 7) is 2.48. The van der Waals surface area contributed by atoms with Crippen molar-refractivity contribution in [1.82, 2.24) is 15.2 Å². The van der Waals surface area contributed by atoms with E-state index in [1.807, 2.05) is 12.1 Å². The molecule has 2 aliphatic rings. The zero-order chi connectivity index (χ0) is 17.2. The number of benzene rings is 1. The number of nitrogens with one attached hydrogen (secondary N) is 1. The van der Waals surface area contributed by atoms with Gasteiger partial charge in [-0.15, -0.1) is 11.3 Å². The smallest absolute Gasteiger partial charge is 0.234 e. The first-order chi connectivity index (χ1) is 12.2. The van der Waals surface area contributed by atoms with Gasteiger partial charge in [-0.25, -0.2) is 4.98 Å². The van der Waals surface area contributed by atoms with Crippen molar-refractivity contribution < 1.29 is 4.79 Å². The number of hydrogen-bond acceptors (Lipinski definition) is 4. The highest BCUT2D eigenvalue weighted by atomic mass is 35.5. The summed E-state index contributed by atoms with van der Waals surface area (Å²) < 4.78 is 1.21. The third-order valence-electron chi connectivity index (χ3n) is 5.39. The molecular formula is C19H24ClN3OS. The maximum absolute atomic E-state index is 12.2. The third kappa shape index (κ3) is 4.15. The summed E-state index contributed by atoms with van der Waals surface area (Å²) in [5.74, 6) is 0.699. The van der Waals surface area contributed by atoms with Gasteiger partial charge in [0.25, 0.3) is 0 Å². The average Bonchev–Trinajstić information content (AvgIpc) is 3.24. The highest BCUT2D eigenvalue weighted by Gasteiger charge is 2.25. The first kappa shape index (κ1) is 17.3. The minimum absolute atomic E-state index is 0.194. The molecule has 1 N–H and O–H groups in total. The molecule has 1 saturated carbocycles. The topological polar surface area (TPSA) is 45.2 Å². The van der Waals surface area contributed by atoms with Gasteiger partial charge in [0, 0.05) is 17.0 Å². The molecule has 1 aliphatic heterocycles. The number of nitrogens with zero attached hydrogens (tertiary/aromatic N) is 2. The fraction of sp³-hybridized carbons (Fsp3) is 0.579. The molecule has 1 aromatic heterocycles. The van der Waals surface area contributed by atoms with Crippen molar-refractivity contribution in [2.45, 2.75) is 50.5 Å². The number of aromatic nitrogens is 1. The summed E-state index contributed by atoms with van der Waals surface area (Å²) in [5, 5.41) is 5.15. The third-order valence-corrected chi connectivity index (χ3v) is 6.82. The Morgan fingerprint density at radius 1 is 1.24 bits per heavy atom. The molecule has 1 aromatic carbocycles. The molecule has 1 aliphatic carbocycles. The van der Waals surface area contributed by atoms with Gasteiger partial charge in [-0.2, -0.15) is 0 Å². The Bertz CT molecular complexity index is 748. The van der Waals surface area contributed by atoms with Gasteiger partial charge in [0.15, 0.2) is 0 Å². The number of piperidine rings is 1. The number of rotatable bonds is 4. The van der Waals surface area contributed by atoms with Gasteiger partial charge in [-0.05, 0) is 57.0 Å².